The van der Waals surface area contributed by atoms with Gasteiger partial charge in [0, 0.05) is 22.6 Å². The maximum atomic E-state index is 12.7. The Bertz CT molecular complexity index is 1070. The van der Waals surface area contributed by atoms with Gasteiger partial charge in [-0.1, -0.05) is 30.0 Å². The number of para-hydroxylation sites is 1. The zero-order valence-corrected chi connectivity index (χ0v) is 15.7. The molecule has 7 heteroatoms. The van der Waals surface area contributed by atoms with Crippen LogP contribution in [0.15, 0.2) is 68.9 Å². The number of hydrogen-bond acceptors (Lipinski definition) is 6. The summed E-state index contributed by atoms with van der Waals surface area (Å²) in [6.45, 7) is 3.96. The Kier molecular flexibility index (Phi) is 4.68. The van der Waals surface area contributed by atoms with Crippen LogP contribution in [0.1, 0.15) is 21.7 Å². The third-order valence-corrected chi connectivity index (χ3v) is 5.03. The number of nitrogens with zero attached hydrogens (tertiary/aromatic N) is 3. The van der Waals surface area contributed by atoms with Gasteiger partial charge in [-0.05, 0) is 44.2 Å². The molecule has 0 saturated heterocycles. The van der Waals surface area contributed by atoms with Gasteiger partial charge in [-0.25, -0.2) is 0 Å². The highest BCUT2D eigenvalue weighted by atomic mass is 32.2. The molecular formula is C20H17N3O3S. The standard InChI is InChI=1S/C20H17N3O3S/c1-13-11-16(14(2)23(13)15-7-4-3-5-8-15)17(24)12-27-20-22-21-19(26-20)18-9-6-10-25-18/h3-11H,12H2,1-2H3. The normalized spacial score (nSPS) is 11.0. The van der Waals surface area contributed by atoms with Crippen molar-refractivity contribution in [3.8, 4) is 17.3 Å². The van der Waals surface area contributed by atoms with E-state index in [-0.39, 0.29) is 11.5 Å². The predicted octanol–water partition coefficient (Wildman–Crippen LogP) is 4.71. The van der Waals surface area contributed by atoms with Crippen molar-refractivity contribution in [1.29, 1.82) is 0 Å². The fourth-order valence-corrected chi connectivity index (χ4v) is 3.64. The molecule has 0 saturated carbocycles. The molecule has 4 aromatic rings. The fourth-order valence-electron chi connectivity index (χ4n) is 2.99. The highest BCUT2D eigenvalue weighted by molar-refractivity contribution is 7.99. The molecule has 0 aliphatic heterocycles. The molecule has 0 N–H and O–H groups in total. The van der Waals surface area contributed by atoms with E-state index in [0.717, 1.165) is 17.1 Å². The molecular weight excluding hydrogens is 362 g/mol. The Labute approximate surface area is 160 Å². The van der Waals surface area contributed by atoms with E-state index in [1.54, 1.807) is 18.4 Å². The summed E-state index contributed by atoms with van der Waals surface area (Å²) >= 11 is 1.22. The maximum Gasteiger partial charge on any atom is 0.284 e. The van der Waals surface area contributed by atoms with Crippen molar-refractivity contribution in [3.05, 3.63) is 71.7 Å². The van der Waals surface area contributed by atoms with Crippen LogP contribution in [-0.4, -0.2) is 26.3 Å². The van der Waals surface area contributed by atoms with Crippen LogP contribution in [0, 0.1) is 13.8 Å². The first kappa shape index (κ1) is 17.4. The number of carbonyl (C=O) groups is 1. The lowest BCUT2D eigenvalue weighted by atomic mass is 10.2. The summed E-state index contributed by atoms with van der Waals surface area (Å²) in [5.74, 6) is 1.05. The van der Waals surface area contributed by atoms with Crippen molar-refractivity contribution in [3.63, 3.8) is 0 Å². The lowest BCUT2D eigenvalue weighted by Gasteiger charge is -2.09. The smallest absolute Gasteiger partial charge is 0.284 e. The average Bonchev–Trinajstić information content (AvgIpc) is 3.41. The number of carbonyl (C=O) groups excluding carboxylic acids is 1. The molecule has 3 heterocycles. The predicted molar refractivity (Wildman–Crippen MR) is 102 cm³/mol. The summed E-state index contributed by atoms with van der Waals surface area (Å²) in [5.41, 5.74) is 3.69. The van der Waals surface area contributed by atoms with Crippen LogP contribution in [0.25, 0.3) is 17.3 Å². The van der Waals surface area contributed by atoms with E-state index in [4.69, 9.17) is 8.83 Å². The molecule has 3 aromatic heterocycles. The monoisotopic (exact) mass is 379 g/mol. The minimum Gasteiger partial charge on any atom is -0.459 e. The molecule has 1 aromatic carbocycles. The molecule has 136 valence electrons. The first-order valence-corrected chi connectivity index (χ1v) is 9.40. The largest absolute Gasteiger partial charge is 0.459 e. The van der Waals surface area contributed by atoms with E-state index in [1.807, 2.05) is 50.2 Å². The Morgan fingerprint density at radius 2 is 1.93 bits per heavy atom. The molecule has 0 aliphatic carbocycles. The number of Topliss-reactive ketones (excluding diaryl/α,β-unsaturated/α-hetero) is 1. The first-order valence-electron chi connectivity index (χ1n) is 8.41. The van der Waals surface area contributed by atoms with Crippen LogP contribution in [0.3, 0.4) is 0 Å². The highest BCUT2D eigenvalue weighted by Crippen LogP contribution is 2.26. The molecule has 0 spiro atoms. The number of aromatic nitrogens is 3. The van der Waals surface area contributed by atoms with Gasteiger partial charge in [0.15, 0.2) is 11.5 Å². The van der Waals surface area contributed by atoms with Gasteiger partial charge >= 0.3 is 0 Å². The van der Waals surface area contributed by atoms with Gasteiger partial charge in [-0.2, -0.15) is 0 Å². The van der Waals surface area contributed by atoms with Gasteiger partial charge in [-0.3, -0.25) is 4.79 Å². The van der Waals surface area contributed by atoms with Gasteiger partial charge in [0.1, 0.15) is 0 Å². The zero-order valence-electron chi connectivity index (χ0n) is 14.9. The zero-order chi connectivity index (χ0) is 18.8. The Morgan fingerprint density at radius 1 is 1.11 bits per heavy atom. The number of aryl methyl sites for hydroxylation is 1. The number of rotatable bonds is 6. The van der Waals surface area contributed by atoms with E-state index >= 15 is 0 Å². The molecule has 0 aliphatic rings. The third kappa shape index (κ3) is 3.46. The summed E-state index contributed by atoms with van der Waals surface area (Å²) in [6, 6.07) is 15.4. The van der Waals surface area contributed by atoms with E-state index < -0.39 is 0 Å². The van der Waals surface area contributed by atoms with E-state index in [9.17, 15) is 4.79 Å². The maximum absolute atomic E-state index is 12.7. The minimum absolute atomic E-state index is 0.0213. The molecule has 0 bridgehead atoms. The number of ketones is 1. The molecule has 27 heavy (non-hydrogen) atoms. The van der Waals surface area contributed by atoms with Crippen LogP contribution < -0.4 is 0 Å². The Morgan fingerprint density at radius 3 is 2.67 bits per heavy atom. The summed E-state index contributed by atoms with van der Waals surface area (Å²) in [7, 11) is 0. The molecule has 4 rings (SSSR count). The van der Waals surface area contributed by atoms with Crippen molar-refractivity contribution in [2.45, 2.75) is 19.1 Å². The van der Waals surface area contributed by atoms with E-state index in [1.165, 1.54) is 11.8 Å². The quantitative estimate of drug-likeness (QED) is 0.357. The highest BCUT2D eigenvalue weighted by Gasteiger charge is 2.18. The van der Waals surface area contributed by atoms with Gasteiger partial charge < -0.3 is 13.4 Å². The molecule has 0 unspecified atom stereocenters. The second-order valence-corrected chi connectivity index (χ2v) is 6.94. The molecule has 6 nitrogen and oxygen atoms in total. The third-order valence-electron chi connectivity index (χ3n) is 4.21. The lowest BCUT2D eigenvalue weighted by Crippen LogP contribution is -2.05. The number of hydrogen-bond donors (Lipinski definition) is 0. The topological polar surface area (TPSA) is 74.1 Å². The Balaban J connectivity index is 1.49. The summed E-state index contributed by atoms with van der Waals surface area (Å²) in [5, 5.41) is 8.24. The van der Waals surface area contributed by atoms with Gasteiger partial charge in [0.05, 0.1) is 12.0 Å². The summed E-state index contributed by atoms with van der Waals surface area (Å²) < 4.78 is 12.8. The number of thioether (sulfide) groups is 1. The van der Waals surface area contributed by atoms with Crippen LogP contribution in [0.4, 0.5) is 0 Å². The van der Waals surface area contributed by atoms with Crippen LogP contribution >= 0.6 is 11.8 Å². The SMILES string of the molecule is Cc1cc(C(=O)CSc2nnc(-c3ccco3)o2)c(C)n1-c1ccccc1. The van der Waals surface area contributed by atoms with Crippen molar-refractivity contribution < 1.29 is 13.6 Å². The molecule has 0 amide bonds. The minimum atomic E-state index is 0.0213. The Hall–Kier alpha value is -3.06. The van der Waals surface area contributed by atoms with Crippen molar-refractivity contribution in [2.75, 3.05) is 5.75 Å². The van der Waals surface area contributed by atoms with Gasteiger partial charge in [-0.15, -0.1) is 10.2 Å². The van der Waals surface area contributed by atoms with Crippen LogP contribution in [0.5, 0.6) is 0 Å². The average molecular weight is 379 g/mol. The number of furan rings is 1. The van der Waals surface area contributed by atoms with Gasteiger partial charge in [0.2, 0.25) is 0 Å². The lowest BCUT2D eigenvalue weighted by molar-refractivity contribution is 0.102. The van der Waals surface area contributed by atoms with Crippen molar-refractivity contribution in [2.24, 2.45) is 0 Å². The van der Waals surface area contributed by atoms with E-state index in [0.29, 0.717) is 22.4 Å². The summed E-state index contributed by atoms with van der Waals surface area (Å²) in [4.78, 5) is 12.7. The van der Waals surface area contributed by atoms with E-state index in [2.05, 4.69) is 14.8 Å². The first-order chi connectivity index (χ1) is 13.1. The van der Waals surface area contributed by atoms with Crippen molar-refractivity contribution in [1.82, 2.24) is 14.8 Å². The van der Waals surface area contributed by atoms with Crippen LogP contribution in [-0.2, 0) is 0 Å². The number of benzene rings is 1. The van der Waals surface area contributed by atoms with Crippen LogP contribution in [0.2, 0.25) is 0 Å². The molecule has 0 radical (unpaired) electrons. The van der Waals surface area contributed by atoms with Gasteiger partial charge in [0.25, 0.3) is 11.1 Å². The molecule has 0 fully saturated rings. The second-order valence-electron chi connectivity index (χ2n) is 6.02. The van der Waals surface area contributed by atoms with Crippen molar-refractivity contribution >= 4 is 17.5 Å². The summed E-state index contributed by atoms with van der Waals surface area (Å²) in [6.07, 6.45) is 1.54. The second kappa shape index (κ2) is 7.28. The fraction of sp³-hybridized carbons (Fsp3) is 0.150. The molecule has 0 atom stereocenters.